The van der Waals surface area contributed by atoms with E-state index in [9.17, 15) is 13.2 Å². The number of amides is 1. The molecule has 1 saturated heterocycles. The molecule has 0 unspecified atom stereocenters. The molecule has 1 fully saturated rings. The van der Waals surface area contributed by atoms with Crippen LogP contribution >= 0.6 is 0 Å². The Balaban J connectivity index is 1.40. The molecule has 0 N–H and O–H groups in total. The van der Waals surface area contributed by atoms with Crippen LogP contribution in [0.1, 0.15) is 11.3 Å². The van der Waals surface area contributed by atoms with E-state index in [2.05, 4.69) is 0 Å². The summed E-state index contributed by atoms with van der Waals surface area (Å²) in [7, 11) is -3.31. The average Bonchev–Trinajstić information content (AvgIpc) is 3.05. The van der Waals surface area contributed by atoms with Gasteiger partial charge in [-0.2, -0.15) is 0 Å². The summed E-state index contributed by atoms with van der Waals surface area (Å²) in [4.78, 5) is 14.2. The number of fused-ring (bicyclic) bond motifs is 1. The van der Waals surface area contributed by atoms with Gasteiger partial charge in [-0.3, -0.25) is 4.79 Å². The lowest BCUT2D eigenvalue weighted by molar-refractivity contribution is -0.133. The van der Waals surface area contributed by atoms with Crippen LogP contribution in [0.25, 0.3) is 10.8 Å². The fourth-order valence-electron chi connectivity index (χ4n) is 3.30. The first kappa shape index (κ1) is 16.8. The van der Waals surface area contributed by atoms with Crippen molar-refractivity contribution in [2.24, 2.45) is 0 Å². The highest BCUT2D eigenvalue weighted by Gasteiger charge is 2.39. The summed E-state index contributed by atoms with van der Waals surface area (Å²) in [6, 6.07) is 17.2. The maximum atomic E-state index is 12.5. The second-order valence-electron chi connectivity index (χ2n) is 6.62. The van der Waals surface area contributed by atoms with E-state index in [0.29, 0.717) is 5.76 Å². The van der Waals surface area contributed by atoms with Crippen molar-refractivity contribution in [2.45, 2.75) is 17.4 Å². The van der Waals surface area contributed by atoms with E-state index in [1.165, 1.54) is 6.26 Å². The molecular weight excluding hydrogens is 350 g/mol. The van der Waals surface area contributed by atoms with Crippen LogP contribution < -0.4 is 0 Å². The number of sulfone groups is 1. The number of benzene rings is 2. The second-order valence-corrected chi connectivity index (χ2v) is 8.90. The molecule has 0 bridgehead atoms. The molecule has 4 rings (SSSR count). The van der Waals surface area contributed by atoms with E-state index >= 15 is 0 Å². The van der Waals surface area contributed by atoms with Gasteiger partial charge in [0.25, 0.3) is 0 Å². The van der Waals surface area contributed by atoms with Gasteiger partial charge in [-0.1, -0.05) is 42.5 Å². The summed E-state index contributed by atoms with van der Waals surface area (Å²) in [5.74, 6) is 0.284. The van der Waals surface area contributed by atoms with Crippen molar-refractivity contribution in [3.63, 3.8) is 0 Å². The highest BCUT2D eigenvalue weighted by atomic mass is 32.2. The van der Waals surface area contributed by atoms with Crippen molar-refractivity contribution in [2.75, 3.05) is 13.1 Å². The van der Waals surface area contributed by atoms with Gasteiger partial charge in [-0.05, 0) is 28.5 Å². The van der Waals surface area contributed by atoms with Gasteiger partial charge in [-0.15, -0.1) is 0 Å². The SMILES string of the molecule is O=C(Cc1cccc2ccccc12)N1CC(S(=O)(=O)Cc2ccco2)C1. The lowest BCUT2D eigenvalue weighted by Gasteiger charge is -2.38. The summed E-state index contributed by atoms with van der Waals surface area (Å²) in [5.41, 5.74) is 0.968. The third-order valence-electron chi connectivity index (χ3n) is 4.85. The van der Waals surface area contributed by atoms with Gasteiger partial charge in [0.15, 0.2) is 9.84 Å². The Labute approximate surface area is 152 Å². The Morgan fingerprint density at radius 3 is 2.58 bits per heavy atom. The first-order chi connectivity index (χ1) is 12.5. The van der Waals surface area contributed by atoms with Gasteiger partial charge < -0.3 is 9.32 Å². The number of carbonyl (C=O) groups excluding carboxylic acids is 1. The molecule has 1 amide bonds. The lowest BCUT2D eigenvalue weighted by atomic mass is 10.0. The van der Waals surface area contributed by atoms with Gasteiger partial charge in [0.2, 0.25) is 5.91 Å². The maximum absolute atomic E-state index is 12.5. The topological polar surface area (TPSA) is 67.6 Å². The van der Waals surface area contributed by atoms with Crippen LogP contribution in [0.4, 0.5) is 0 Å². The number of nitrogens with zero attached hydrogens (tertiary/aromatic N) is 1. The zero-order valence-electron chi connectivity index (χ0n) is 14.2. The predicted molar refractivity (Wildman–Crippen MR) is 99.4 cm³/mol. The fourth-order valence-corrected chi connectivity index (χ4v) is 4.91. The Bertz CT molecular complexity index is 1030. The summed E-state index contributed by atoms with van der Waals surface area (Å²) in [6.45, 7) is 0.513. The van der Waals surface area contributed by atoms with Crippen molar-refractivity contribution in [1.29, 1.82) is 0 Å². The molecule has 0 aliphatic carbocycles. The standard InChI is InChI=1S/C20H19NO4S/c22-20(11-16-7-3-6-15-5-1-2-9-19(15)16)21-12-18(13-21)26(23,24)14-17-8-4-10-25-17/h1-10,18H,11-14H2. The number of carbonyl (C=O) groups is 1. The summed E-state index contributed by atoms with van der Waals surface area (Å²) in [5, 5.41) is 1.65. The minimum atomic E-state index is -3.31. The van der Waals surface area contributed by atoms with Crippen LogP contribution in [0.15, 0.2) is 65.3 Å². The number of furan rings is 1. The first-order valence-corrected chi connectivity index (χ1v) is 10.2. The molecule has 5 nitrogen and oxygen atoms in total. The molecule has 3 aromatic rings. The van der Waals surface area contributed by atoms with E-state index in [0.717, 1.165) is 16.3 Å². The Hall–Kier alpha value is -2.60. The molecule has 26 heavy (non-hydrogen) atoms. The monoisotopic (exact) mass is 369 g/mol. The van der Waals surface area contributed by atoms with Crippen LogP contribution in [0.2, 0.25) is 0 Å². The molecular formula is C20H19NO4S. The molecule has 0 atom stereocenters. The molecule has 0 spiro atoms. The highest BCUT2D eigenvalue weighted by molar-refractivity contribution is 7.91. The molecule has 1 aliphatic rings. The third-order valence-corrected chi connectivity index (χ3v) is 6.85. The molecule has 2 aromatic carbocycles. The quantitative estimate of drug-likeness (QED) is 0.694. The Morgan fingerprint density at radius 2 is 1.81 bits per heavy atom. The zero-order chi connectivity index (χ0) is 18.1. The van der Waals surface area contributed by atoms with Gasteiger partial charge in [-0.25, -0.2) is 8.42 Å². The summed E-state index contributed by atoms with van der Waals surface area (Å²) in [6.07, 6.45) is 1.75. The predicted octanol–water partition coefficient (Wildman–Crippen LogP) is 2.80. The smallest absolute Gasteiger partial charge is 0.227 e. The average molecular weight is 369 g/mol. The zero-order valence-corrected chi connectivity index (χ0v) is 15.0. The molecule has 6 heteroatoms. The highest BCUT2D eigenvalue weighted by Crippen LogP contribution is 2.24. The van der Waals surface area contributed by atoms with Crippen molar-refractivity contribution in [3.05, 3.63) is 72.2 Å². The van der Waals surface area contributed by atoms with Gasteiger partial charge in [0, 0.05) is 13.1 Å². The normalized spacial score (nSPS) is 15.2. The number of rotatable bonds is 5. The van der Waals surface area contributed by atoms with Gasteiger partial charge in [0.1, 0.15) is 11.5 Å². The molecule has 0 saturated carbocycles. The number of hydrogen-bond donors (Lipinski definition) is 0. The Morgan fingerprint density at radius 1 is 1.04 bits per heavy atom. The van der Waals surface area contributed by atoms with Crippen LogP contribution in [0.5, 0.6) is 0 Å². The van der Waals surface area contributed by atoms with Crippen molar-refractivity contribution < 1.29 is 17.6 Å². The van der Waals surface area contributed by atoms with Crippen LogP contribution in [0.3, 0.4) is 0 Å². The number of hydrogen-bond acceptors (Lipinski definition) is 4. The van der Waals surface area contributed by atoms with E-state index in [4.69, 9.17) is 4.42 Å². The van der Waals surface area contributed by atoms with Crippen LogP contribution in [0, 0.1) is 0 Å². The minimum absolute atomic E-state index is 0.0363. The second kappa shape index (κ2) is 6.61. The van der Waals surface area contributed by atoms with E-state index in [-0.39, 0.29) is 31.2 Å². The third kappa shape index (κ3) is 3.24. The fraction of sp³-hybridized carbons (Fsp3) is 0.250. The largest absolute Gasteiger partial charge is 0.468 e. The van der Waals surface area contributed by atoms with E-state index in [1.807, 2.05) is 42.5 Å². The molecule has 2 heterocycles. The van der Waals surface area contributed by atoms with Gasteiger partial charge in [0.05, 0.1) is 17.9 Å². The minimum Gasteiger partial charge on any atom is -0.468 e. The summed E-state index contributed by atoms with van der Waals surface area (Å²) >= 11 is 0. The van der Waals surface area contributed by atoms with E-state index < -0.39 is 15.1 Å². The molecule has 134 valence electrons. The van der Waals surface area contributed by atoms with Crippen LogP contribution in [-0.4, -0.2) is 37.6 Å². The van der Waals surface area contributed by atoms with Crippen LogP contribution in [-0.2, 0) is 26.8 Å². The molecule has 1 aliphatic heterocycles. The van der Waals surface area contributed by atoms with Crippen molar-refractivity contribution in [3.8, 4) is 0 Å². The molecule has 0 radical (unpaired) electrons. The number of likely N-dealkylation sites (tertiary alicyclic amines) is 1. The maximum Gasteiger partial charge on any atom is 0.227 e. The molecule has 1 aromatic heterocycles. The van der Waals surface area contributed by atoms with Crippen molar-refractivity contribution >= 4 is 26.5 Å². The van der Waals surface area contributed by atoms with E-state index in [1.54, 1.807) is 17.0 Å². The first-order valence-electron chi connectivity index (χ1n) is 8.51. The summed E-state index contributed by atoms with van der Waals surface area (Å²) < 4.78 is 29.9. The van der Waals surface area contributed by atoms with Gasteiger partial charge >= 0.3 is 0 Å². The lowest BCUT2D eigenvalue weighted by Crippen LogP contribution is -2.57. The Kier molecular flexibility index (Phi) is 4.28. The van der Waals surface area contributed by atoms with Crippen molar-refractivity contribution in [1.82, 2.24) is 4.90 Å².